The summed E-state index contributed by atoms with van der Waals surface area (Å²) in [6, 6.07) is 8.28. The van der Waals surface area contributed by atoms with Gasteiger partial charge in [0.1, 0.15) is 0 Å². The molecule has 1 amide bonds. The molecule has 0 heterocycles. The van der Waals surface area contributed by atoms with Crippen LogP contribution in [0.3, 0.4) is 0 Å². The van der Waals surface area contributed by atoms with Crippen molar-refractivity contribution in [3.05, 3.63) is 29.8 Å². The highest BCUT2D eigenvalue weighted by atomic mass is 16.1. The van der Waals surface area contributed by atoms with Gasteiger partial charge in [0.15, 0.2) is 0 Å². The van der Waals surface area contributed by atoms with Crippen molar-refractivity contribution < 1.29 is 4.79 Å². The van der Waals surface area contributed by atoms with E-state index in [0.29, 0.717) is 6.42 Å². The van der Waals surface area contributed by atoms with Crippen LogP contribution in [0, 0.1) is 0 Å². The molecule has 0 unspecified atom stereocenters. The first-order valence-corrected chi connectivity index (χ1v) is 8.65. The number of benzene rings is 1. The monoisotopic (exact) mass is 289 g/mol. The number of anilines is 1. The Kier molecular flexibility index (Phi) is 9.60. The van der Waals surface area contributed by atoms with E-state index in [2.05, 4.69) is 31.3 Å². The van der Waals surface area contributed by atoms with E-state index in [1.54, 1.807) is 0 Å². The van der Waals surface area contributed by atoms with Gasteiger partial charge in [0.25, 0.3) is 0 Å². The van der Waals surface area contributed by atoms with Crippen molar-refractivity contribution in [3.8, 4) is 0 Å². The van der Waals surface area contributed by atoms with E-state index in [1.165, 1.54) is 50.5 Å². The lowest BCUT2D eigenvalue weighted by molar-refractivity contribution is -0.116. The number of amides is 1. The minimum Gasteiger partial charge on any atom is -0.326 e. The lowest BCUT2D eigenvalue weighted by Gasteiger charge is -2.06. The SMILES string of the molecule is CCCCCCCCC(=O)Nc1ccc(CCCC)cc1. The molecular weight excluding hydrogens is 258 g/mol. The van der Waals surface area contributed by atoms with Crippen LogP contribution in [0.2, 0.25) is 0 Å². The van der Waals surface area contributed by atoms with Gasteiger partial charge in [0.2, 0.25) is 5.91 Å². The predicted octanol–water partition coefficient (Wildman–Crippen LogP) is 5.72. The van der Waals surface area contributed by atoms with Crippen LogP contribution in [0.1, 0.15) is 77.2 Å². The van der Waals surface area contributed by atoms with Gasteiger partial charge in [-0.3, -0.25) is 4.79 Å². The summed E-state index contributed by atoms with van der Waals surface area (Å²) in [5.41, 5.74) is 2.28. The van der Waals surface area contributed by atoms with Gasteiger partial charge in [0.05, 0.1) is 0 Å². The normalized spacial score (nSPS) is 10.6. The van der Waals surface area contributed by atoms with Crippen molar-refractivity contribution in [1.82, 2.24) is 0 Å². The fourth-order valence-corrected chi connectivity index (χ4v) is 2.43. The van der Waals surface area contributed by atoms with Gasteiger partial charge < -0.3 is 5.32 Å². The molecule has 0 aliphatic rings. The Labute approximate surface area is 130 Å². The number of unbranched alkanes of at least 4 members (excludes halogenated alkanes) is 6. The largest absolute Gasteiger partial charge is 0.326 e. The van der Waals surface area contributed by atoms with E-state index in [1.807, 2.05) is 12.1 Å². The average Bonchev–Trinajstić information content (AvgIpc) is 2.50. The third-order valence-electron chi connectivity index (χ3n) is 3.81. The highest BCUT2D eigenvalue weighted by molar-refractivity contribution is 5.90. The molecule has 1 aromatic carbocycles. The molecule has 1 rings (SSSR count). The maximum Gasteiger partial charge on any atom is 0.224 e. The summed E-state index contributed by atoms with van der Waals surface area (Å²) in [6.07, 6.45) is 11.5. The molecule has 21 heavy (non-hydrogen) atoms. The molecular formula is C19H31NO. The van der Waals surface area contributed by atoms with E-state index < -0.39 is 0 Å². The van der Waals surface area contributed by atoms with E-state index in [4.69, 9.17) is 0 Å². The van der Waals surface area contributed by atoms with E-state index in [9.17, 15) is 4.79 Å². The van der Waals surface area contributed by atoms with Crippen molar-refractivity contribution in [3.63, 3.8) is 0 Å². The zero-order valence-corrected chi connectivity index (χ0v) is 13.8. The molecule has 0 saturated carbocycles. The van der Waals surface area contributed by atoms with Crippen LogP contribution >= 0.6 is 0 Å². The number of rotatable bonds is 11. The molecule has 0 radical (unpaired) electrons. The van der Waals surface area contributed by atoms with E-state index >= 15 is 0 Å². The first-order valence-electron chi connectivity index (χ1n) is 8.65. The van der Waals surface area contributed by atoms with Gasteiger partial charge in [-0.1, -0.05) is 64.5 Å². The molecule has 0 aliphatic carbocycles. The Morgan fingerprint density at radius 1 is 0.857 bits per heavy atom. The number of nitrogens with one attached hydrogen (secondary N) is 1. The molecule has 0 saturated heterocycles. The first kappa shape index (κ1) is 17.7. The van der Waals surface area contributed by atoms with Crippen molar-refractivity contribution in [2.45, 2.75) is 78.1 Å². The predicted molar refractivity (Wildman–Crippen MR) is 91.7 cm³/mol. The minimum atomic E-state index is 0.145. The Bertz CT molecular complexity index is 383. The Balaban J connectivity index is 2.18. The van der Waals surface area contributed by atoms with Crippen LogP contribution in [-0.2, 0) is 11.2 Å². The van der Waals surface area contributed by atoms with Crippen molar-refractivity contribution >= 4 is 11.6 Å². The lowest BCUT2D eigenvalue weighted by atomic mass is 10.1. The molecule has 2 heteroatoms. The standard InChI is InChI=1S/C19H31NO/c1-3-5-7-8-9-10-12-19(21)20-18-15-13-17(14-16-18)11-6-4-2/h13-16H,3-12H2,1-2H3,(H,20,21). The van der Waals surface area contributed by atoms with Crippen molar-refractivity contribution in [2.24, 2.45) is 0 Å². The summed E-state index contributed by atoms with van der Waals surface area (Å²) >= 11 is 0. The van der Waals surface area contributed by atoms with Gasteiger partial charge in [-0.15, -0.1) is 0 Å². The van der Waals surface area contributed by atoms with E-state index in [0.717, 1.165) is 18.5 Å². The number of aryl methyl sites for hydroxylation is 1. The zero-order valence-electron chi connectivity index (χ0n) is 13.8. The Morgan fingerprint density at radius 3 is 2.14 bits per heavy atom. The Morgan fingerprint density at radius 2 is 1.48 bits per heavy atom. The first-order chi connectivity index (χ1) is 10.3. The van der Waals surface area contributed by atoms with Gasteiger partial charge in [-0.25, -0.2) is 0 Å². The number of carbonyl (C=O) groups excluding carboxylic acids is 1. The molecule has 0 aromatic heterocycles. The molecule has 0 fully saturated rings. The molecule has 0 aliphatic heterocycles. The van der Waals surface area contributed by atoms with Gasteiger partial charge in [-0.2, -0.15) is 0 Å². The summed E-state index contributed by atoms with van der Waals surface area (Å²) in [5.74, 6) is 0.145. The topological polar surface area (TPSA) is 29.1 Å². The van der Waals surface area contributed by atoms with Gasteiger partial charge in [0, 0.05) is 12.1 Å². The fourth-order valence-electron chi connectivity index (χ4n) is 2.43. The number of hydrogen-bond acceptors (Lipinski definition) is 1. The fraction of sp³-hybridized carbons (Fsp3) is 0.632. The van der Waals surface area contributed by atoms with Gasteiger partial charge in [-0.05, 0) is 37.0 Å². The van der Waals surface area contributed by atoms with Crippen LogP contribution in [0.15, 0.2) is 24.3 Å². The summed E-state index contributed by atoms with van der Waals surface area (Å²) in [6.45, 7) is 4.43. The molecule has 0 atom stereocenters. The van der Waals surface area contributed by atoms with Crippen LogP contribution in [-0.4, -0.2) is 5.91 Å². The van der Waals surface area contributed by atoms with Crippen LogP contribution < -0.4 is 5.32 Å². The quantitative estimate of drug-likeness (QED) is 0.519. The minimum absolute atomic E-state index is 0.145. The molecule has 2 nitrogen and oxygen atoms in total. The maximum absolute atomic E-state index is 11.8. The van der Waals surface area contributed by atoms with Crippen LogP contribution in [0.4, 0.5) is 5.69 Å². The van der Waals surface area contributed by atoms with Crippen LogP contribution in [0.5, 0.6) is 0 Å². The second-order valence-corrected chi connectivity index (χ2v) is 5.87. The summed E-state index contributed by atoms with van der Waals surface area (Å²) in [5, 5.41) is 2.99. The maximum atomic E-state index is 11.8. The smallest absolute Gasteiger partial charge is 0.224 e. The van der Waals surface area contributed by atoms with Crippen molar-refractivity contribution in [1.29, 1.82) is 0 Å². The highest BCUT2D eigenvalue weighted by Gasteiger charge is 2.02. The van der Waals surface area contributed by atoms with Crippen molar-refractivity contribution in [2.75, 3.05) is 5.32 Å². The average molecular weight is 289 g/mol. The van der Waals surface area contributed by atoms with E-state index in [-0.39, 0.29) is 5.91 Å². The summed E-state index contributed by atoms with van der Waals surface area (Å²) < 4.78 is 0. The second-order valence-electron chi connectivity index (χ2n) is 5.87. The summed E-state index contributed by atoms with van der Waals surface area (Å²) in [7, 11) is 0. The molecule has 1 aromatic rings. The Hall–Kier alpha value is -1.31. The molecule has 0 bridgehead atoms. The number of hydrogen-bond donors (Lipinski definition) is 1. The summed E-state index contributed by atoms with van der Waals surface area (Å²) in [4.78, 5) is 11.8. The van der Waals surface area contributed by atoms with Gasteiger partial charge >= 0.3 is 0 Å². The molecule has 118 valence electrons. The third-order valence-corrected chi connectivity index (χ3v) is 3.81. The third kappa shape index (κ3) is 8.54. The molecule has 1 N–H and O–H groups in total. The molecule has 0 spiro atoms. The zero-order chi connectivity index (χ0) is 15.3. The van der Waals surface area contributed by atoms with Crippen LogP contribution in [0.25, 0.3) is 0 Å². The second kappa shape index (κ2) is 11.4. The lowest BCUT2D eigenvalue weighted by Crippen LogP contribution is -2.10. The number of carbonyl (C=O) groups is 1. The highest BCUT2D eigenvalue weighted by Crippen LogP contribution is 2.13.